The van der Waals surface area contributed by atoms with Crippen molar-refractivity contribution in [3.8, 4) is 0 Å². The van der Waals surface area contributed by atoms with Gasteiger partial charge in [0.05, 0.1) is 20.1 Å². The number of carbonyl (C=O) groups excluding carboxylic acids is 3. The fraction of sp³-hybridized carbons (Fsp3) is 0.636. The fourth-order valence-electron chi connectivity index (χ4n) is 1.08. The van der Waals surface area contributed by atoms with Crippen LogP contribution < -0.4 is 5.32 Å². The van der Waals surface area contributed by atoms with Gasteiger partial charge in [-0.1, -0.05) is 6.92 Å². The number of amides is 2. The molecule has 0 aromatic heterocycles. The van der Waals surface area contributed by atoms with Gasteiger partial charge >= 0.3 is 23.9 Å². The molecular formula is C11H18N2O7. The first-order valence-electron chi connectivity index (χ1n) is 5.71. The van der Waals surface area contributed by atoms with Crippen molar-refractivity contribution in [2.24, 2.45) is 5.92 Å². The number of nitrogens with zero attached hydrogens (tertiary/aromatic N) is 1. The van der Waals surface area contributed by atoms with E-state index in [1.54, 1.807) is 0 Å². The van der Waals surface area contributed by atoms with Crippen LogP contribution >= 0.6 is 0 Å². The van der Waals surface area contributed by atoms with Crippen molar-refractivity contribution in [2.45, 2.75) is 6.92 Å². The minimum Gasteiger partial charge on any atom is -0.481 e. The minimum atomic E-state index is -1.07. The Bertz CT molecular complexity index is 365. The van der Waals surface area contributed by atoms with Crippen LogP contribution in [0.2, 0.25) is 0 Å². The van der Waals surface area contributed by atoms with Crippen LogP contribution in [0.1, 0.15) is 6.92 Å². The number of rotatable bonds is 7. The Morgan fingerprint density at radius 2 is 1.55 bits per heavy atom. The molecule has 0 radical (unpaired) electrons. The van der Waals surface area contributed by atoms with Gasteiger partial charge in [0.15, 0.2) is 0 Å². The van der Waals surface area contributed by atoms with Crippen LogP contribution in [0.4, 0.5) is 4.79 Å². The lowest BCUT2D eigenvalue weighted by Gasteiger charge is -2.21. The maximum Gasteiger partial charge on any atom is 0.325 e. The smallest absolute Gasteiger partial charge is 0.325 e. The summed E-state index contributed by atoms with van der Waals surface area (Å²) in [5, 5.41) is 11.0. The van der Waals surface area contributed by atoms with Crippen LogP contribution in [-0.4, -0.2) is 67.8 Å². The van der Waals surface area contributed by atoms with Gasteiger partial charge in [0.2, 0.25) is 0 Å². The number of carboxylic acid groups (broad SMARTS) is 1. The third kappa shape index (κ3) is 6.57. The van der Waals surface area contributed by atoms with E-state index in [9.17, 15) is 19.2 Å². The highest BCUT2D eigenvalue weighted by Gasteiger charge is 2.22. The molecule has 0 aromatic rings. The van der Waals surface area contributed by atoms with E-state index >= 15 is 0 Å². The number of ether oxygens (including phenoxy) is 2. The van der Waals surface area contributed by atoms with Gasteiger partial charge in [-0.05, 0) is 0 Å². The predicted octanol–water partition coefficient (Wildman–Crippen LogP) is -0.935. The van der Waals surface area contributed by atoms with Gasteiger partial charge in [0.1, 0.15) is 13.1 Å². The monoisotopic (exact) mass is 290 g/mol. The summed E-state index contributed by atoms with van der Waals surface area (Å²) in [6.07, 6.45) is 0. The topological polar surface area (TPSA) is 122 Å². The van der Waals surface area contributed by atoms with E-state index in [1.165, 1.54) is 6.92 Å². The van der Waals surface area contributed by atoms with Gasteiger partial charge < -0.3 is 24.8 Å². The Morgan fingerprint density at radius 1 is 1.10 bits per heavy atom. The highest BCUT2D eigenvalue weighted by Crippen LogP contribution is 1.96. The van der Waals surface area contributed by atoms with E-state index in [0.717, 1.165) is 19.1 Å². The highest BCUT2D eigenvalue weighted by molar-refractivity contribution is 5.85. The molecule has 0 aliphatic heterocycles. The summed E-state index contributed by atoms with van der Waals surface area (Å²) in [7, 11) is 2.28. The van der Waals surface area contributed by atoms with Crippen molar-refractivity contribution in [1.29, 1.82) is 0 Å². The van der Waals surface area contributed by atoms with E-state index in [0.29, 0.717) is 0 Å². The SMILES string of the molecule is COC(=O)CN(CC(=O)OC)C(=O)NCC(C)C(=O)O. The molecule has 0 aromatic carbocycles. The van der Waals surface area contributed by atoms with Gasteiger partial charge in [-0.3, -0.25) is 14.4 Å². The second-order valence-electron chi connectivity index (χ2n) is 3.93. The molecule has 0 saturated heterocycles. The Balaban J connectivity index is 4.58. The van der Waals surface area contributed by atoms with Crippen LogP contribution in [0, 0.1) is 5.92 Å². The number of esters is 2. The van der Waals surface area contributed by atoms with Crippen LogP contribution in [0.3, 0.4) is 0 Å². The third-order valence-corrected chi connectivity index (χ3v) is 2.36. The molecule has 0 saturated carbocycles. The Labute approximate surface area is 115 Å². The molecule has 0 spiro atoms. The molecule has 114 valence electrons. The quantitative estimate of drug-likeness (QED) is 0.580. The molecule has 0 rings (SSSR count). The lowest BCUT2D eigenvalue weighted by atomic mass is 10.2. The zero-order valence-electron chi connectivity index (χ0n) is 11.5. The lowest BCUT2D eigenvalue weighted by molar-refractivity contribution is -0.145. The Morgan fingerprint density at radius 3 is 1.90 bits per heavy atom. The predicted molar refractivity (Wildman–Crippen MR) is 65.8 cm³/mol. The lowest BCUT2D eigenvalue weighted by Crippen LogP contribution is -2.47. The van der Waals surface area contributed by atoms with Crippen molar-refractivity contribution >= 4 is 23.9 Å². The molecule has 20 heavy (non-hydrogen) atoms. The number of hydrogen-bond donors (Lipinski definition) is 2. The summed E-state index contributed by atoms with van der Waals surface area (Å²) in [6.45, 7) is 0.387. The van der Waals surface area contributed by atoms with Crippen LogP contribution in [0.5, 0.6) is 0 Å². The Hall–Kier alpha value is -2.32. The van der Waals surface area contributed by atoms with Crippen LogP contribution in [-0.2, 0) is 23.9 Å². The van der Waals surface area contributed by atoms with Gasteiger partial charge in [-0.25, -0.2) is 4.79 Å². The van der Waals surface area contributed by atoms with Crippen molar-refractivity contribution < 1.29 is 33.8 Å². The Kier molecular flexibility index (Phi) is 7.71. The van der Waals surface area contributed by atoms with Crippen molar-refractivity contribution in [2.75, 3.05) is 33.9 Å². The van der Waals surface area contributed by atoms with Crippen molar-refractivity contribution in [3.05, 3.63) is 0 Å². The first-order valence-corrected chi connectivity index (χ1v) is 5.71. The molecule has 0 aliphatic rings. The molecule has 9 nitrogen and oxygen atoms in total. The van der Waals surface area contributed by atoms with Crippen LogP contribution in [0.15, 0.2) is 0 Å². The summed E-state index contributed by atoms with van der Waals surface area (Å²) in [4.78, 5) is 45.6. The molecule has 0 bridgehead atoms. The summed E-state index contributed by atoms with van der Waals surface area (Å²) in [6, 6.07) is -0.756. The van der Waals surface area contributed by atoms with Gasteiger partial charge in [-0.2, -0.15) is 0 Å². The zero-order chi connectivity index (χ0) is 15.7. The average molecular weight is 290 g/mol. The molecule has 0 aliphatic carbocycles. The molecule has 0 heterocycles. The number of carbonyl (C=O) groups is 4. The van der Waals surface area contributed by atoms with Crippen molar-refractivity contribution in [1.82, 2.24) is 10.2 Å². The first kappa shape index (κ1) is 17.7. The number of urea groups is 1. The van der Waals surface area contributed by atoms with Crippen LogP contribution in [0.25, 0.3) is 0 Å². The normalized spacial score (nSPS) is 11.2. The number of carboxylic acids is 1. The summed E-state index contributed by atoms with van der Waals surface area (Å²) < 4.78 is 8.81. The minimum absolute atomic E-state index is 0.132. The number of nitrogens with one attached hydrogen (secondary N) is 1. The second-order valence-corrected chi connectivity index (χ2v) is 3.93. The maximum atomic E-state index is 11.8. The molecule has 2 amide bonds. The highest BCUT2D eigenvalue weighted by atomic mass is 16.5. The summed E-state index contributed by atoms with van der Waals surface area (Å²) >= 11 is 0. The molecule has 2 N–H and O–H groups in total. The number of hydrogen-bond acceptors (Lipinski definition) is 6. The molecule has 1 atom stereocenters. The van der Waals surface area contributed by atoms with E-state index in [-0.39, 0.29) is 6.54 Å². The maximum absolute atomic E-state index is 11.8. The third-order valence-electron chi connectivity index (χ3n) is 2.36. The molecular weight excluding hydrogens is 272 g/mol. The fourth-order valence-corrected chi connectivity index (χ4v) is 1.08. The van der Waals surface area contributed by atoms with Gasteiger partial charge in [-0.15, -0.1) is 0 Å². The van der Waals surface area contributed by atoms with E-state index in [1.807, 2.05) is 0 Å². The molecule has 0 fully saturated rings. The number of aliphatic carboxylic acids is 1. The average Bonchev–Trinajstić information content (AvgIpc) is 2.42. The van der Waals surface area contributed by atoms with Gasteiger partial charge in [0.25, 0.3) is 0 Å². The largest absolute Gasteiger partial charge is 0.481 e. The molecule has 1 unspecified atom stereocenters. The van der Waals surface area contributed by atoms with E-state index in [2.05, 4.69) is 14.8 Å². The standard InChI is InChI=1S/C11H18N2O7/c1-7(10(16)17)4-12-11(18)13(5-8(14)19-2)6-9(15)20-3/h7H,4-6H2,1-3H3,(H,12,18)(H,16,17). The first-order chi connectivity index (χ1) is 9.31. The van der Waals surface area contributed by atoms with Gasteiger partial charge in [0, 0.05) is 6.54 Å². The summed E-state index contributed by atoms with van der Waals surface area (Å²) in [5.74, 6) is -3.29. The zero-order valence-corrected chi connectivity index (χ0v) is 11.5. The second kappa shape index (κ2) is 8.73. The van der Waals surface area contributed by atoms with Crippen molar-refractivity contribution in [3.63, 3.8) is 0 Å². The molecule has 9 heteroatoms. The van der Waals surface area contributed by atoms with E-state index < -0.39 is 42.9 Å². The summed E-state index contributed by atoms with van der Waals surface area (Å²) in [5.41, 5.74) is 0. The van der Waals surface area contributed by atoms with E-state index in [4.69, 9.17) is 5.11 Å². The number of methoxy groups -OCH3 is 2.